The van der Waals surface area contributed by atoms with Crippen LogP contribution in [-0.4, -0.2) is 12.6 Å². The summed E-state index contributed by atoms with van der Waals surface area (Å²) in [5, 5.41) is 0.955. The van der Waals surface area contributed by atoms with Gasteiger partial charge in [-0.1, -0.05) is 53.4 Å². The fourth-order valence-corrected chi connectivity index (χ4v) is 3.47. The minimum atomic E-state index is 0.730. The van der Waals surface area contributed by atoms with Gasteiger partial charge in [0.1, 0.15) is 0 Å². The Labute approximate surface area is 120 Å². The zero-order valence-corrected chi connectivity index (χ0v) is 13.2. The molecule has 2 heteroatoms. The van der Waals surface area contributed by atoms with Gasteiger partial charge in [-0.15, -0.1) is 0 Å². The quantitative estimate of drug-likeness (QED) is 0.706. The van der Waals surface area contributed by atoms with E-state index >= 15 is 0 Å². The lowest BCUT2D eigenvalue weighted by molar-refractivity contribution is 0.555. The van der Waals surface area contributed by atoms with Crippen LogP contribution in [0.2, 0.25) is 0 Å². The van der Waals surface area contributed by atoms with Gasteiger partial charge >= 0.3 is 0 Å². The van der Waals surface area contributed by atoms with E-state index in [4.69, 9.17) is 0 Å². The molecule has 1 aromatic rings. The number of halogens is 1. The second kappa shape index (κ2) is 6.60. The Hall–Kier alpha value is -0.500. The number of aryl methyl sites for hydroxylation is 1. The van der Waals surface area contributed by atoms with Gasteiger partial charge in [0.25, 0.3) is 0 Å². The Bertz CT molecular complexity index is 389. The van der Waals surface area contributed by atoms with Crippen LogP contribution in [0, 0.1) is 6.92 Å². The predicted molar refractivity (Wildman–Crippen MR) is 83.7 cm³/mol. The molecule has 1 atom stereocenters. The van der Waals surface area contributed by atoms with Gasteiger partial charge in [0.15, 0.2) is 0 Å². The summed E-state index contributed by atoms with van der Waals surface area (Å²) in [6, 6.07) is 7.62. The molecule has 0 bridgehead atoms. The van der Waals surface area contributed by atoms with Gasteiger partial charge in [0, 0.05) is 23.6 Å². The Morgan fingerprint density at radius 3 is 2.83 bits per heavy atom. The number of hydrogen-bond acceptors (Lipinski definition) is 1. The Balaban J connectivity index is 2.32. The van der Waals surface area contributed by atoms with Gasteiger partial charge in [0.05, 0.1) is 0 Å². The Morgan fingerprint density at radius 2 is 2.11 bits per heavy atom. The van der Waals surface area contributed by atoms with Crippen molar-refractivity contribution in [1.29, 1.82) is 0 Å². The molecule has 1 aromatic carbocycles. The molecule has 100 valence electrons. The van der Waals surface area contributed by atoms with Crippen LogP contribution in [0.3, 0.4) is 0 Å². The highest BCUT2D eigenvalue weighted by atomic mass is 79.9. The van der Waals surface area contributed by atoms with Crippen LogP contribution in [0.15, 0.2) is 18.2 Å². The molecule has 0 aromatic heterocycles. The van der Waals surface area contributed by atoms with Crippen molar-refractivity contribution >= 4 is 21.6 Å². The molecule has 0 spiro atoms. The largest absolute Gasteiger partial charge is 0.368 e. The third-order valence-electron chi connectivity index (χ3n) is 4.04. The molecule has 0 saturated carbocycles. The van der Waals surface area contributed by atoms with Gasteiger partial charge < -0.3 is 4.90 Å². The summed E-state index contributed by atoms with van der Waals surface area (Å²) in [5.41, 5.74) is 4.25. The predicted octanol–water partition coefficient (Wildman–Crippen LogP) is 5.05. The third kappa shape index (κ3) is 3.09. The summed E-state index contributed by atoms with van der Waals surface area (Å²) in [7, 11) is 0. The van der Waals surface area contributed by atoms with Crippen molar-refractivity contribution in [2.24, 2.45) is 0 Å². The number of anilines is 1. The number of benzene rings is 1. The second-order valence-electron chi connectivity index (χ2n) is 5.37. The first-order chi connectivity index (χ1) is 8.76. The monoisotopic (exact) mass is 309 g/mol. The van der Waals surface area contributed by atoms with Gasteiger partial charge in [0.2, 0.25) is 0 Å². The topological polar surface area (TPSA) is 3.24 Å². The van der Waals surface area contributed by atoms with Gasteiger partial charge in [-0.2, -0.15) is 0 Å². The molecule has 2 rings (SSSR count). The van der Waals surface area contributed by atoms with E-state index < -0.39 is 0 Å². The van der Waals surface area contributed by atoms with Crippen LogP contribution in [0.25, 0.3) is 0 Å². The lowest BCUT2D eigenvalue weighted by Gasteiger charge is -2.33. The number of nitrogens with zero attached hydrogens (tertiary/aromatic N) is 1. The first-order valence-electron chi connectivity index (χ1n) is 7.18. The van der Waals surface area contributed by atoms with Crippen molar-refractivity contribution in [3.8, 4) is 0 Å². The lowest BCUT2D eigenvalue weighted by Crippen LogP contribution is -2.35. The van der Waals surface area contributed by atoms with E-state index in [1.165, 1.54) is 55.5 Å². The maximum absolute atomic E-state index is 3.64. The van der Waals surface area contributed by atoms with E-state index in [-0.39, 0.29) is 0 Å². The minimum absolute atomic E-state index is 0.730. The Morgan fingerprint density at radius 1 is 1.28 bits per heavy atom. The fourth-order valence-electron chi connectivity index (χ4n) is 3.02. The van der Waals surface area contributed by atoms with Crippen LogP contribution in [-0.2, 0) is 5.33 Å². The summed E-state index contributed by atoms with van der Waals surface area (Å²) in [6.45, 7) is 5.72. The molecule has 1 nitrogen and oxygen atoms in total. The molecular weight excluding hydrogens is 286 g/mol. The third-order valence-corrected chi connectivity index (χ3v) is 4.64. The number of hydrogen-bond donors (Lipinski definition) is 0. The molecule has 1 unspecified atom stereocenters. The molecule has 1 saturated heterocycles. The average Bonchev–Trinajstić information content (AvgIpc) is 2.63. The molecule has 0 amide bonds. The van der Waals surface area contributed by atoms with E-state index in [1.807, 2.05) is 0 Å². The van der Waals surface area contributed by atoms with Gasteiger partial charge in [-0.05, 0) is 37.8 Å². The van der Waals surface area contributed by atoms with Gasteiger partial charge in [-0.3, -0.25) is 0 Å². The lowest BCUT2D eigenvalue weighted by atomic mass is 10.0. The van der Waals surface area contributed by atoms with E-state index in [2.05, 4.69) is 52.9 Å². The van der Waals surface area contributed by atoms with Crippen LogP contribution in [0.5, 0.6) is 0 Å². The van der Waals surface area contributed by atoms with Crippen LogP contribution in [0.1, 0.15) is 50.2 Å². The van der Waals surface area contributed by atoms with E-state index in [0.717, 1.165) is 11.4 Å². The highest BCUT2D eigenvalue weighted by Crippen LogP contribution is 2.30. The van der Waals surface area contributed by atoms with Crippen molar-refractivity contribution in [3.05, 3.63) is 29.3 Å². The first kappa shape index (κ1) is 13.9. The fraction of sp³-hybridized carbons (Fsp3) is 0.625. The zero-order chi connectivity index (χ0) is 13.0. The number of rotatable bonds is 3. The standard InChI is InChI=1S/C16H24BrN/c1-3-15-7-5-4-6-10-18(15)16-9-8-13(2)11-14(16)12-17/h8-9,11,15H,3-7,10,12H2,1-2H3. The van der Waals surface area contributed by atoms with Crippen molar-refractivity contribution < 1.29 is 0 Å². The van der Waals surface area contributed by atoms with Crippen molar-refractivity contribution in [2.75, 3.05) is 11.4 Å². The highest BCUT2D eigenvalue weighted by Gasteiger charge is 2.21. The maximum Gasteiger partial charge on any atom is 0.0410 e. The zero-order valence-electron chi connectivity index (χ0n) is 11.6. The maximum atomic E-state index is 3.64. The highest BCUT2D eigenvalue weighted by molar-refractivity contribution is 9.08. The van der Waals surface area contributed by atoms with Crippen LogP contribution < -0.4 is 4.90 Å². The van der Waals surface area contributed by atoms with E-state index in [9.17, 15) is 0 Å². The molecule has 1 aliphatic rings. The van der Waals surface area contributed by atoms with Crippen LogP contribution in [0.4, 0.5) is 5.69 Å². The van der Waals surface area contributed by atoms with Gasteiger partial charge in [-0.25, -0.2) is 0 Å². The van der Waals surface area contributed by atoms with E-state index in [1.54, 1.807) is 0 Å². The molecule has 0 N–H and O–H groups in total. The molecule has 0 radical (unpaired) electrons. The van der Waals surface area contributed by atoms with Crippen LogP contribution >= 0.6 is 15.9 Å². The molecule has 18 heavy (non-hydrogen) atoms. The number of alkyl halides is 1. The summed E-state index contributed by atoms with van der Waals surface area (Å²) in [4.78, 5) is 2.66. The molecule has 1 aliphatic heterocycles. The first-order valence-corrected chi connectivity index (χ1v) is 8.30. The second-order valence-corrected chi connectivity index (χ2v) is 5.93. The molecule has 1 fully saturated rings. The van der Waals surface area contributed by atoms with Crippen molar-refractivity contribution in [2.45, 2.75) is 57.3 Å². The Kier molecular flexibility index (Phi) is 5.11. The molecule has 1 heterocycles. The van der Waals surface area contributed by atoms with Crippen molar-refractivity contribution in [1.82, 2.24) is 0 Å². The normalized spacial score (nSPS) is 20.8. The molecule has 0 aliphatic carbocycles. The minimum Gasteiger partial charge on any atom is -0.368 e. The van der Waals surface area contributed by atoms with Crippen molar-refractivity contribution in [3.63, 3.8) is 0 Å². The smallest absolute Gasteiger partial charge is 0.0410 e. The summed E-state index contributed by atoms with van der Waals surface area (Å²) in [6.07, 6.45) is 6.74. The molecular formula is C16H24BrN. The SMILES string of the molecule is CCC1CCCCCN1c1ccc(C)cc1CBr. The van der Waals surface area contributed by atoms with E-state index in [0.29, 0.717) is 0 Å². The summed E-state index contributed by atoms with van der Waals surface area (Å²) >= 11 is 3.64. The summed E-state index contributed by atoms with van der Waals surface area (Å²) in [5.74, 6) is 0. The average molecular weight is 310 g/mol. The summed E-state index contributed by atoms with van der Waals surface area (Å²) < 4.78 is 0.